The van der Waals surface area contributed by atoms with E-state index in [2.05, 4.69) is 25.1 Å². The van der Waals surface area contributed by atoms with Crippen LogP contribution in [0.25, 0.3) is 0 Å². The Morgan fingerprint density at radius 3 is 2.35 bits per heavy atom. The molecule has 2 aromatic carbocycles. The molecule has 3 nitrogen and oxygen atoms in total. The molecule has 0 radical (unpaired) electrons. The van der Waals surface area contributed by atoms with Gasteiger partial charge >= 0.3 is 0 Å². The van der Waals surface area contributed by atoms with Gasteiger partial charge in [0, 0.05) is 6.54 Å². The Hall–Kier alpha value is -1.65. The molecule has 26 heavy (non-hydrogen) atoms. The van der Waals surface area contributed by atoms with E-state index in [9.17, 15) is 8.42 Å². The van der Waals surface area contributed by atoms with Crippen LogP contribution in [0.3, 0.4) is 0 Å². The maximum absolute atomic E-state index is 13.6. The molecule has 0 unspecified atom stereocenters. The van der Waals surface area contributed by atoms with Crippen LogP contribution < -0.4 is 0 Å². The summed E-state index contributed by atoms with van der Waals surface area (Å²) in [6, 6.07) is 12.0. The Morgan fingerprint density at radius 1 is 0.885 bits per heavy atom. The summed E-state index contributed by atoms with van der Waals surface area (Å²) in [7, 11) is -3.53. The van der Waals surface area contributed by atoms with E-state index in [-0.39, 0.29) is 6.04 Å². The first-order valence-corrected chi connectivity index (χ1v) is 10.9. The third-order valence-electron chi connectivity index (χ3n) is 5.51. The van der Waals surface area contributed by atoms with Crippen molar-refractivity contribution in [3.05, 3.63) is 64.2 Å². The van der Waals surface area contributed by atoms with Crippen LogP contribution in [-0.2, 0) is 10.0 Å². The van der Waals surface area contributed by atoms with Crippen molar-refractivity contribution in [3.63, 3.8) is 0 Å². The largest absolute Gasteiger partial charge is 0.243 e. The fraction of sp³-hybridized carbons (Fsp3) is 0.455. The summed E-state index contributed by atoms with van der Waals surface area (Å²) in [6.07, 6.45) is 3.95. The third kappa shape index (κ3) is 3.72. The van der Waals surface area contributed by atoms with Gasteiger partial charge < -0.3 is 0 Å². The predicted octanol–water partition coefficient (Wildman–Crippen LogP) is 5.23. The van der Waals surface area contributed by atoms with Gasteiger partial charge in [0.2, 0.25) is 10.0 Å². The Kier molecular flexibility index (Phi) is 5.54. The molecule has 0 bridgehead atoms. The van der Waals surface area contributed by atoms with Crippen LogP contribution >= 0.6 is 0 Å². The smallest absolute Gasteiger partial charge is 0.207 e. The lowest BCUT2D eigenvalue weighted by atomic mass is 10.0. The second kappa shape index (κ2) is 7.53. The summed E-state index contributed by atoms with van der Waals surface area (Å²) >= 11 is 0. The first kappa shape index (κ1) is 19.1. The number of nitrogens with zero attached hydrogens (tertiary/aromatic N) is 1. The first-order valence-electron chi connectivity index (χ1n) is 9.47. The first-order chi connectivity index (χ1) is 12.3. The van der Waals surface area contributed by atoms with Crippen molar-refractivity contribution in [2.24, 2.45) is 0 Å². The van der Waals surface area contributed by atoms with Gasteiger partial charge in [-0.05, 0) is 68.9 Å². The average Bonchev–Trinajstić information content (AvgIpc) is 2.84. The maximum Gasteiger partial charge on any atom is 0.243 e. The van der Waals surface area contributed by atoms with Gasteiger partial charge in [-0.25, -0.2) is 8.42 Å². The normalized spacial score (nSPS) is 19.3. The Morgan fingerprint density at radius 2 is 1.62 bits per heavy atom. The molecule has 1 aliphatic heterocycles. The summed E-state index contributed by atoms with van der Waals surface area (Å²) in [5.41, 5.74) is 5.27. The van der Waals surface area contributed by atoms with Gasteiger partial charge in [0.15, 0.2) is 0 Å². The number of hydrogen-bond donors (Lipinski definition) is 0. The summed E-state index contributed by atoms with van der Waals surface area (Å²) in [6.45, 7) is 8.56. The molecule has 0 aromatic heterocycles. The van der Waals surface area contributed by atoms with Crippen LogP contribution in [0.5, 0.6) is 0 Å². The van der Waals surface area contributed by atoms with Crippen LogP contribution in [0.15, 0.2) is 41.3 Å². The zero-order chi connectivity index (χ0) is 18.9. The van der Waals surface area contributed by atoms with E-state index in [4.69, 9.17) is 0 Å². The highest BCUT2D eigenvalue weighted by atomic mass is 32.2. The number of sulfonamides is 1. The molecular weight excluding hydrogens is 342 g/mol. The lowest BCUT2D eigenvalue weighted by molar-refractivity contribution is 0.328. The molecule has 0 amide bonds. The number of hydrogen-bond acceptors (Lipinski definition) is 2. The maximum atomic E-state index is 13.6. The van der Waals surface area contributed by atoms with Crippen LogP contribution in [0.4, 0.5) is 0 Å². The minimum atomic E-state index is -3.53. The van der Waals surface area contributed by atoms with Gasteiger partial charge in [-0.3, -0.25) is 0 Å². The van der Waals surface area contributed by atoms with Crippen molar-refractivity contribution in [2.75, 3.05) is 6.54 Å². The minimum absolute atomic E-state index is 0.0802. The van der Waals surface area contributed by atoms with Crippen molar-refractivity contribution in [1.29, 1.82) is 0 Å². The SMILES string of the molecule is Cc1cccc([C@H]2CCCCCN2S(=O)(=O)c2cc(C)c(C)cc2C)c1. The molecular formula is C22H29NO2S. The topological polar surface area (TPSA) is 37.4 Å². The molecule has 3 rings (SSSR count). The molecule has 1 fully saturated rings. The number of benzene rings is 2. The second-order valence-electron chi connectivity index (χ2n) is 7.60. The van der Waals surface area contributed by atoms with E-state index >= 15 is 0 Å². The predicted molar refractivity (Wildman–Crippen MR) is 107 cm³/mol. The minimum Gasteiger partial charge on any atom is -0.207 e. The molecule has 0 saturated carbocycles. The molecule has 2 aromatic rings. The molecule has 140 valence electrons. The highest BCUT2D eigenvalue weighted by molar-refractivity contribution is 7.89. The summed E-state index contributed by atoms with van der Waals surface area (Å²) < 4.78 is 29.0. The van der Waals surface area contributed by atoms with Crippen molar-refractivity contribution in [2.45, 2.75) is 64.3 Å². The van der Waals surface area contributed by atoms with Gasteiger partial charge in [0.1, 0.15) is 0 Å². The van der Waals surface area contributed by atoms with Gasteiger partial charge in [-0.2, -0.15) is 4.31 Å². The molecule has 1 saturated heterocycles. The quantitative estimate of drug-likeness (QED) is 0.741. The monoisotopic (exact) mass is 371 g/mol. The van der Waals surface area contributed by atoms with Crippen molar-refractivity contribution >= 4 is 10.0 Å². The Bertz CT molecular complexity index is 902. The lowest BCUT2D eigenvalue weighted by Gasteiger charge is -2.30. The lowest BCUT2D eigenvalue weighted by Crippen LogP contribution is -2.35. The molecule has 1 aliphatic rings. The Balaban J connectivity index is 2.09. The third-order valence-corrected chi connectivity index (χ3v) is 7.56. The second-order valence-corrected chi connectivity index (χ2v) is 9.46. The van der Waals surface area contributed by atoms with E-state index in [0.717, 1.165) is 47.9 Å². The van der Waals surface area contributed by atoms with Crippen LogP contribution in [-0.4, -0.2) is 19.3 Å². The number of rotatable bonds is 3. The fourth-order valence-electron chi connectivity index (χ4n) is 3.92. The zero-order valence-corrected chi connectivity index (χ0v) is 17.1. The summed E-state index contributed by atoms with van der Waals surface area (Å²) in [5.74, 6) is 0. The molecule has 0 N–H and O–H groups in total. The van der Waals surface area contributed by atoms with Crippen molar-refractivity contribution in [1.82, 2.24) is 4.31 Å². The molecule has 0 aliphatic carbocycles. The van der Waals surface area contributed by atoms with E-state index in [1.807, 2.05) is 39.0 Å². The molecule has 1 atom stereocenters. The van der Waals surface area contributed by atoms with E-state index in [0.29, 0.717) is 11.4 Å². The van der Waals surface area contributed by atoms with Crippen LogP contribution in [0.1, 0.15) is 59.5 Å². The molecule has 1 heterocycles. The van der Waals surface area contributed by atoms with E-state index < -0.39 is 10.0 Å². The fourth-order valence-corrected chi connectivity index (χ4v) is 5.89. The Labute approximate surface area is 158 Å². The average molecular weight is 372 g/mol. The van der Waals surface area contributed by atoms with Gasteiger partial charge in [-0.15, -0.1) is 0 Å². The highest BCUT2D eigenvalue weighted by Gasteiger charge is 2.34. The number of aryl methyl sites for hydroxylation is 4. The molecule has 4 heteroatoms. The van der Waals surface area contributed by atoms with E-state index in [1.165, 1.54) is 5.56 Å². The van der Waals surface area contributed by atoms with E-state index in [1.54, 1.807) is 4.31 Å². The standard InChI is InChI=1S/C22H29NO2S/c1-16-9-8-10-20(13-16)21-11-6-5-7-12-23(21)26(24,25)22-15-18(3)17(2)14-19(22)4/h8-10,13-15,21H,5-7,11-12H2,1-4H3/t21-/m1/s1. The van der Waals surface area contributed by atoms with Crippen molar-refractivity contribution in [3.8, 4) is 0 Å². The summed E-state index contributed by atoms with van der Waals surface area (Å²) in [5, 5.41) is 0. The van der Waals surface area contributed by atoms with Gasteiger partial charge in [0.05, 0.1) is 10.9 Å². The highest BCUT2D eigenvalue weighted by Crippen LogP contribution is 2.36. The zero-order valence-electron chi connectivity index (χ0n) is 16.2. The summed E-state index contributed by atoms with van der Waals surface area (Å²) in [4.78, 5) is 0.458. The van der Waals surface area contributed by atoms with Gasteiger partial charge in [-0.1, -0.05) is 48.7 Å². The van der Waals surface area contributed by atoms with Crippen LogP contribution in [0, 0.1) is 27.7 Å². The van der Waals surface area contributed by atoms with Crippen LogP contribution in [0.2, 0.25) is 0 Å². The molecule has 0 spiro atoms. The van der Waals surface area contributed by atoms with Crippen molar-refractivity contribution < 1.29 is 8.42 Å². The van der Waals surface area contributed by atoms with Gasteiger partial charge in [0.25, 0.3) is 0 Å².